The van der Waals surface area contributed by atoms with Crippen molar-refractivity contribution in [3.05, 3.63) is 11.9 Å². The van der Waals surface area contributed by atoms with E-state index >= 15 is 0 Å². The average molecular weight is 225 g/mol. The Morgan fingerprint density at radius 2 is 2.38 bits per heavy atom. The molecular formula is C11H19N3O2. The molecule has 5 heteroatoms. The summed E-state index contributed by atoms with van der Waals surface area (Å²) in [6.07, 6.45) is 2.83. The fourth-order valence-electron chi connectivity index (χ4n) is 1.50. The number of nitrogens with zero attached hydrogens (tertiary/aromatic N) is 2. The highest BCUT2D eigenvalue weighted by molar-refractivity contribution is 5.96. The standard InChI is InChI=1S/C11H19N3O2/c1-8(6-12)4-5-9(15)11-10(16-3)7-13-14(11)2/h7-8H,4-6,12H2,1-3H3. The van der Waals surface area contributed by atoms with Gasteiger partial charge in [0.05, 0.1) is 13.3 Å². The van der Waals surface area contributed by atoms with Crippen molar-refractivity contribution in [2.45, 2.75) is 19.8 Å². The molecule has 0 bridgehead atoms. The van der Waals surface area contributed by atoms with Crippen molar-refractivity contribution in [2.75, 3.05) is 13.7 Å². The first-order valence-corrected chi connectivity index (χ1v) is 5.39. The van der Waals surface area contributed by atoms with Crippen LogP contribution in [0, 0.1) is 5.92 Å². The average Bonchev–Trinajstić information content (AvgIpc) is 2.66. The van der Waals surface area contributed by atoms with E-state index in [-0.39, 0.29) is 5.78 Å². The third kappa shape index (κ3) is 2.82. The maximum Gasteiger partial charge on any atom is 0.184 e. The van der Waals surface area contributed by atoms with E-state index in [0.29, 0.717) is 30.3 Å². The molecule has 0 fully saturated rings. The van der Waals surface area contributed by atoms with E-state index in [0.717, 1.165) is 6.42 Å². The first-order chi connectivity index (χ1) is 7.60. The van der Waals surface area contributed by atoms with Crippen LogP contribution < -0.4 is 10.5 Å². The summed E-state index contributed by atoms with van der Waals surface area (Å²) >= 11 is 0. The molecule has 0 saturated heterocycles. The molecule has 0 aliphatic carbocycles. The first kappa shape index (κ1) is 12.7. The van der Waals surface area contributed by atoms with E-state index in [1.165, 1.54) is 7.11 Å². The predicted octanol–water partition coefficient (Wildman–Crippen LogP) is 0.986. The molecule has 90 valence electrons. The molecule has 1 aromatic rings. The lowest BCUT2D eigenvalue weighted by Gasteiger charge is -2.08. The number of ketones is 1. The minimum absolute atomic E-state index is 0.0529. The Hall–Kier alpha value is -1.36. The van der Waals surface area contributed by atoms with Gasteiger partial charge in [-0.3, -0.25) is 9.48 Å². The van der Waals surface area contributed by atoms with Gasteiger partial charge in [-0.2, -0.15) is 5.10 Å². The molecule has 5 nitrogen and oxygen atoms in total. The summed E-state index contributed by atoms with van der Waals surface area (Å²) in [6.45, 7) is 2.64. The summed E-state index contributed by atoms with van der Waals surface area (Å²) in [4.78, 5) is 11.9. The SMILES string of the molecule is COc1cnn(C)c1C(=O)CCC(C)CN. The fourth-order valence-corrected chi connectivity index (χ4v) is 1.50. The van der Waals surface area contributed by atoms with Crippen LogP contribution >= 0.6 is 0 Å². The lowest BCUT2D eigenvalue weighted by molar-refractivity contribution is 0.0963. The molecule has 1 atom stereocenters. The van der Waals surface area contributed by atoms with Gasteiger partial charge in [0.2, 0.25) is 0 Å². The summed E-state index contributed by atoms with van der Waals surface area (Å²) < 4.78 is 6.64. The van der Waals surface area contributed by atoms with Crippen molar-refractivity contribution in [2.24, 2.45) is 18.7 Å². The number of methoxy groups -OCH3 is 1. The Balaban J connectivity index is 2.69. The van der Waals surface area contributed by atoms with Crippen molar-refractivity contribution in [1.82, 2.24) is 9.78 Å². The van der Waals surface area contributed by atoms with Gasteiger partial charge in [0.1, 0.15) is 5.69 Å². The zero-order valence-electron chi connectivity index (χ0n) is 10.1. The van der Waals surface area contributed by atoms with Crippen LogP contribution in [0.1, 0.15) is 30.3 Å². The predicted molar refractivity (Wildman–Crippen MR) is 61.5 cm³/mol. The number of aryl methyl sites for hydroxylation is 1. The summed E-state index contributed by atoms with van der Waals surface area (Å²) in [5.41, 5.74) is 6.04. The second-order valence-electron chi connectivity index (χ2n) is 3.99. The number of aromatic nitrogens is 2. The second-order valence-corrected chi connectivity index (χ2v) is 3.99. The highest BCUT2D eigenvalue weighted by Crippen LogP contribution is 2.19. The normalized spacial score (nSPS) is 12.5. The lowest BCUT2D eigenvalue weighted by Crippen LogP contribution is -2.14. The van der Waals surface area contributed by atoms with Gasteiger partial charge in [0.25, 0.3) is 0 Å². The van der Waals surface area contributed by atoms with Crippen LogP contribution in [0.25, 0.3) is 0 Å². The van der Waals surface area contributed by atoms with Crippen LogP contribution in [0.2, 0.25) is 0 Å². The number of Topliss-reactive ketones (excluding diaryl/α,β-unsaturated/α-hetero) is 1. The Morgan fingerprint density at radius 1 is 1.69 bits per heavy atom. The lowest BCUT2D eigenvalue weighted by atomic mass is 10.0. The summed E-state index contributed by atoms with van der Waals surface area (Å²) in [5.74, 6) is 0.952. The summed E-state index contributed by atoms with van der Waals surface area (Å²) in [5, 5.41) is 4.00. The maximum atomic E-state index is 11.9. The Morgan fingerprint density at radius 3 is 2.94 bits per heavy atom. The van der Waals surface area contributed by atoms with Gasteiger partial charge in [-0.1, -0.05) is 6.92 Å². The van der Waals surface area contributed by atoms with Crippen molar-refractivity contribution in [3.63, 3.8) is 0 Å². The quantitative estimate of drug-likeness (QED) is 0.733. The second kappa shape index (κ2) is 5.65. The molecule has 0 aliphatic rings. The van der Waals surface area contributed by atoms with Gasteiger partial charge in [-0.25, -0.2) is 0 Å². The minimum Gasteiger partial charge on any atom is -0.493 e. The van der Waals surface area contributed by atoms with Crippen LogP contribution in [0.5, 0.6) is 5.75 Å². The van der Waals surface area contributed by atoms with Crippen LogP contribution in [-0.4, -0.2) is 29.2 Å². The van der Waals surface area contributed by atoms with Crippen molar-refractivity contribution in [3.8, 4) is 5.75 Å². The van der Waals surface area contributed by atoms with Gasteiger partial charge in [-0.15, -0.1) is 0 Å². The van der Waals surface area contributed by atoms with Gasteiger partial charge in [-0.05, 0) is 18.9 Å². The minimum atomic E-state index is 0.0529. The van der Waals surface area contributed by atoms with E-state index in [1.807, 2.05) is 6.92 Å². The van der Waals surface area contributed by atoms with E-state index in [2.05, 4.69) is 5.10 Å². The molecule has 0 amide bonds. The van der Waals surface area contributed by atoms with E-state index in [9.17, 15) is 4.79 Å². The third-order valence-corrected chi connectivity index (χ3v) is 2.66. The highest BCUT2D eigenvalue weighted by Gasteiger charge is 2.17. The van der Waals surface area contributed by atoms with Crippen LogP contribution in [-0.2, 0) is 7.05 Å². The zero-order chi connectivity index (χ0) is 12.1. The molecular weight excluding hydrogens is 206 g/mol. The number of carbonyl (C=O) groups excluding carboxylic acids is 1. The van der Waals surface area contributed by atoms with Gasteiger partial charge in [0, 0.05) is 13.5 Å². The molecule has 0 spiro atoms. The number of nitrogens with two attached hydrogens (primary N) is 1. The summed E-state index contributed by atoms with van der Waals surface area (Å²) in [7, 11) is 3.28. The number of rotatable bonds is 6. The monoisotopic (exact) mass is 225 g/mol. The van der Waals surface area contributed by atoms with Crippen molar-refractivity contribution >= 4 is 5.78 Å². The molecule has 1 aromatic heterocycles. The Labute approximate surface area is 95.6 Å². The largest absolute Gasteiger partial charge is 0.493 e. The molecule has 0 aromatic carbocycles. The number of hydrogen-bond donors (Lipinski definition) is 1. The molecule has 2 N–H and O–H groups in total. The molecule has 0 saturated carbocycles. The topological polar surface area (TPSA) is 70.1 Å². The van der Waals surface area contributed by atoms with Crippen molar-refractivity contribution < 1.29 is 9.53 Å². The number of hydrogen-bond acceptors (Lipinski definition) is 4. The van der Waals surface area contributed by atoms with Crippen LogP contribution in [0.15, 0.2) is 6.20 Å². The maximum absolute atomic E-state index is 11.9. The van der Waals surface area contributed by atoms with Crippen molar-refractivity contribution in [1.29, 1.82) is 0 Å². The van der Waals surface area contributed by atoms with E-state index < -0.39 is 0 Å². The third-order valence-electron chi connectivity index (χ3n) is 2.66. The van der Waals surface area contributed by atoms with E-state index in [4.69, 9.17) is 10.5 Å². The van der Waals surface area contributed by atoms with Crippen LogP contribution in [0.3, 0.4) is 0 Å². The smallest absolute Gasteiger partial charge is 0.184 e. The molecule has 16 heavy (non-hydrogen) atoms. The van der Waals surface area contributed by atoms with Gasteiger partial charge >= 0.3 is 0 Å². The Kier molecular flexibility index (Phi) is 4.49. The van der Waals surface area contributed by atoms with E-state index in [1.54, 1.807) is 17.9 Å². The Bertz CT molecular complexity index is 360. The number of carbonyl (C=O) groups is 1. The van der Waals surface area contributed by atoms with Gasteiger partial charge < -0.3 is 10.5 Å². The molecule has 1 unspecified atom stereocenters. The zero-order valence-corrected chi connectivity index (χ0v) is 10.1. The van der Waals surface area contributed by atoms with Gasteiger partial charge in [0.15, 0.2) is 11.5 Å². The fraction of sp³-hybridized carbons (Fsp3) is 0.636. The number of ether oxygens (including phenoxy) is 1. The molecule has 1 heterocycles. The molecule has 0 radical (unpaired) electrons. The molecule has 1 rings (SSSR count). The molecule has 0 aliphatic heterocycles. The van der Waals surface area contributed by atoms with Crippen LogP contribution in [0.4, 0.5) is 0 Å². The highest BCUT2D eigenvalue weighted by atomic mass is 16.5. The first-order valence-electron chi connectivity index (χ1n) is 5.39. The summed E-state index contributed by atoms with van der Waals surface area (Å²) in [6, 6.07) is 0.